The van der Waals surface area contributed by atoms with Gasteiger partial charge in [-0.3, -0.25) is 9.90 Å². The lowest BCUT2D eigenvalue weighted by atomic mass is 10.1. The summed E-state index contributed by atoms with van der Waals surface area (Å²) in [7, 11) is 1.76. The van der Waals surface area contributed by atoms with E-state index in [-0.39, 0.29) is 0 Å². The van der Waals surface area contributed by atoms with Crippen LogP contribution in [0.25, 0.3) is 0 Å². The highest BCUT2D eigenvalue weighted by molar-refractivity contribution is 5.72. The first-order valence-corrected chi connectivity index (χ1v) is 4.36. The van der Waals surface area contributed by atoms with Crippen molar-refractivity contribution in [3.05, 3.63) is 23.8 Å². The van der Waals surface area contributed by atoms with Crippen molar-refractivity contribution in [2.24, 2.45) is 0 Å². The lowest BCUT2D eigenvalue weighted by molar-refractivity contribution is 0.135. The molecule has 0 saturated heterocycles. The largest absolute Gasteiger partial charge is 0.396 e. The first kappa shape index (κ1) is 10.4. The predicted molar refractivity (Wildman–Crippen MR) is 55.6 cm³/mol. The van der Waals surface area contributed by atoms with Gasteiger partial charge in [0.15, 0.2) is 0 Å². The molecule has 0 amide bonds. The van der Waals surface area contributed by atoms with Crippen molar-refractivity contribution in [3.63, 3.8) is 0 Å². The second-order valence-corrected chi connectivity index (χ2v) is 2.77. The molecule has 1 aromatic carbocycles. The fourth-order valence-corrected chi connectivity index (χ4v) is 1.19. The van der Waals surface area contributed by atoms with Crippen molar-refractivity contribution in [2.45, 2.75) is 6.92 Å². The molecule has 0 aromatic heterocycles. The van der Waals surface area contributed by atoms with E-state index in [1.54, 1.807) is 24.2 Å². The Morgan fingerprint density at radius 2 is 2.29 bits per heavy atom. The number of para-hydroxylation sites is 1. The monoisotopic (exact) mass is 191 g/mol. The molecular weight excluding hydrogens is 178 g/mol. The van der Waals surface area contributed by atoms with Crippen LogP contribution in [0, 0.1) is 11.3 Å². The smallest absolute Gasteiger partial charge is 0.101 e. The van der Waals surface area contributed by atoms with Gasteiger partial charge in [-0.25, -0.2) is 0 Å². The summed E-state index contributed by atoms with van der Waals surface area (Å²) in [5, 5.41) is 10.3. The molecule has 4 heteroatoms. The van der Waals surface area contributed by atoms with Crippen molar-refractivity contribution < 1.29 is 4.84 Å². The van der Waals surface area contributed by atoms with Gasteiger partial charge in [-0.2, -0.15) is 5.26 Å². The fraction of sp³-hybridized carbons (Fsp3) is 0.300. The predicted octanol–water partition coefficient (Wildman–Crippen LogP) is 1.53. The normalized spacial score (nSPS) is 9.50. The third kappa shape index (κ3) is 1.95. The first-order chi connectivity index (χ1) is 6.70. The maximum atomic E-state index is 8.77. The summed E-state index contributed by atoms with van der Waals surface area (Å²) < 4.78 is 0. The number of hydrogen-bond acceptors (Lipinski definition) is 4. The number of rotatable bonds is 3. The summed E-state index contributed by atoms with van der Waals surface area (Å²) in [6.07, 6.45) is 0. The highest BCUT2D eigenvalue weighted by atomic mass is 16.7. The van der Waals surface area contributed by atoms with Crippen LogP contribution in [0.15, 0.2) is 18.2 Å². The second-order valence-electron chi connectivity index (χ2n) is 2.77. The standard InChI is InChI=1S/C10H13N3O/c1-3-14-13(2)9-6-4-5-8(7-11)10(9)12/h4-6H,3,12H2,1-2H3. The van der Waals surface area contributed by atoms with Crippen LogP contribution in [0.2, 0.25) is 0 Å². The number of nitrogens with two attached hydrogens (primary N) is 1. The van der Waals surface area contributed by atoms with E-state index in [9.17, 15) is 0 Å². The van der Waals surface area contributed by atoms with Crippen LogP contribution in [-0.2, 0) is 4.84 Å². The Balaban J connectivity index is 3.04. The van der Waals surface area contributed by atoms with E-state index < -0.39 is 0 Å². The Morgan fingerprint density at radius 1 is 1.57 bits per heavy atom. The minimum atomic E-state index is 0.450. The molecule has 0 unspecified atom stereocenters. The zero-order valence-corrected chi connectivity index (χ0v) is 8.32. The molecule has 1 rings (SSSR count). The Labute approximate surface area is 83.5 Å². The molecule has 0 saturated carbocycles. The quantitative estimate of drug-likeness (QED) is 0.581. The van der Waals surface area contributed by atoms with Crippen LogP contribution < -0.4 is 10.8 Å². The molecule has 1 aromatic rings. The minimum absolute atomic E-state index is 0.450. The SMILES string of the molecule is CCON(C)c1cccc(C#N)c1N. The molecule has 0 bridgehead atoms. The van der Waals surface area contributed by atoms with Gasteiger partial charge < -0.3 is 5.73 Å². The Bertz CT molecular complexity index is 357. The van der Waals surface area contributed by atoms with Crippen LogP contribution in [-0.4, -0.2) is 13.7 Å². The van der Waals surface area contributed by atoms with Crippen molar-refractivity contribution in [1.29, 1.82) is 5.26 Å². The number of hydrogen-bond donors (Lipinski definition) is 1. The van der Waals surface area contributed by atoms with E-state index in [1.165, 1.54) is 0 Å². The molecule has 0 heterocycles. The van der Waals surface area contributed by atoms with E-state index in [1.807, 2.05) is 19.1 Å². The van der Waals surface area contributed by atoms with Crippen LogP contribution in [0.1, 0.15) is 12.5 Å². The zero-order chi connectivity index (χ0) is 10.6. The van der Waals surface area contributed by atoms with Crippen molar-refractivity contribution in [3.8, 4) is 6.07 Å². The molecular formula is C10H13N3O. The third-order valence-corrected chi connectivity index (χ3v) is 1.87. The Hall–Kier alpha value is -1.73. The Morgan fingerprint density at radius 3 is 2.86 bits per heavy atom. The maximum Gasteiger partial charge on any atom is 0.101 e. The van der Waals surface area contributed by atoms with Gasteiger partial charge in [-0.1, -0.05) is 6.07 Å². The van der Waals surface area contributed by atoms with Crippen LogP contribution in [0.3, 0.4) is 0 Å². The molecule has 2 N–H and O–H groups in total. The molecule has 0 fully saturated rings. The molecule has 0 aliphatic heterocycles. The highest BCUT2D eigenvalue weighted by Crippen LogP contribution is 2.25. The molecule has 0 atom stereocenters. The van der Waals surface area contributed by atoms with E-state index in [2.05, 4.69) is 0 Å². The van der Waals surface area contributed by atoms with Crippen molar-refractivity contribution in [1.82, 2.24) is 0 Å². The molecule has 0 aliphatic rings. The highest BCUT2D eigenvalue weighted by Gasteiger charge is 2.08. The van der Waals surface area contributed by atoms with Gasteiger partial charge >= 0.3 is 0 Å². The lowest BCUT2D eigenvalue weighted by Gasteiger charge is -2.19. The summed E-state index contributed by atoms with van der Waals surface area (Å²) in [6, 6.07) is 7.29. The minimum Gasteiger partial charge on any atom is -0.396 e. The average molecular weight is 191 g/mol. The van der Waals surface area contributed by atoms with Gasteiger partial charge in [-0.15, -0.1) is 0 Å². The molecule has 0 spiro atoms. The van der Waals surface area contributed by atoms with E-state index in [0.29, 0.717) is 23.5 Å². The number of benzene rings is 1. The average Bonchev–Trinajstić information content (AvgIpc) is 2.18. The first-order valence-electron chi connectivity index (χ1n) is 4.36. The van der Waals surface area contributed by atoms with Crippen LogP contribution in [0.5, 0.6) is 0 Å². The summed E-state index contributed by atoms with van der Waals surface area (Å²) >= 11 is 0. The fourth-order valence-electron chi connectivity index (χ4n) is 1.19. The van der Waals surface area contributed by atoms with Gasteiger partial charge in [0.05, 0.1) is 23.5 Å². The number of nitrogen functional groups attached to an aromatic ring is 1. The topological polar surface area (TPSA) is 62.3 Å². The van der Waals surface area contributed by atoms with E-state index in [0.717, 1.165) is 0 Å². The van der Waals surface area contributed by atoms with Gasteiger partial charge in [0.1, 0.15) is 6.07 Å². The third-order valence-electron chi connectivity index (χ3n) is 1.87. The summed E-state index contributed by atoms with van der Waals surface area (Å²) in [5.74, 6) is 0. The zero-order valence-electron chi connectivity index (χ0n) is 8.32. The molecule has 74 valence electrons. The number of nitrogens with zero attached hydrogens (tertiary/aromatic N) is 2. The van der Waals surface area contributed by atoms with Crippen LogP contribution >= 0.6 is 0 Å². The number of anilines is 2. The van der Waals surface area contributed by atoms with Crippen LogP contribution in [0.4, 0.5) is 11.4 Å². The number of hydroxylamine groups is 1. The summed E-state index contributed by atoms with van der Waals surface area (Å²) in [6.45, 7) is 2.45. The van der Waals surface area contributed by atoms with Gasteiger partial charge in [0.2, 0.25) is 0 Å². The molecule has 14 heavy (non-hydrogen) atoms. The lowest BCUT2D eigenvalue weighted by Crippen LogP contribution is -2.19. The molecule has 4 nitrogen and oxygen atoms in total. The summed E-state index contributed by atoms with van der Waals surface area (Å²) in [5.41, 5.74) is 7.41. The second kappa shape index (κ2) is 4.49. The Kier molecular flexibility index (Phi) is 3.32. The van der Waals surface area contributed by atoms with E-state index >= 15 is 0 Å². The van der Waals surface area contributed by atoms with Crippen molar-refractivity contribution >= 4 is 11.4 Å². The number of nitriles is 1. The van der Waals surface area contributed by atoms with Gasteiger partial charge in [0, 0.05) is 7.05 Å². The molecule has 0 radical (unpaired) electrons. The maximum absolute atomic E-state index is 8.77. The van der Waals surface area contributed by atoms with Gasteiger partial charge in [-0.05, 0) is 19.1 Å². The van der Waals surface area contributed by atoms with E-state index in [4.69, 9.17) is 15.8 Å². The molecule has 0 aliphatic carbocycles. The van der Waals surface area contributed by atoms with Crippen molar-refractivity contribution in [2.75, 3.05) is 24.5 Å². The summed E-state index contributed by atoms with van der Waals surface area (Å²) in [4.78, 5) is 5.25. The van der Waals surface area contributed by atoms with Gasteiger partial charge in [0.25, 0.3) is 0 Å².